The van der Waals surface area contributed by atoms with Crippen molar-refractivity contribution in [1.82, 2.24) is 14.7 Å². The Hall–Kier alpha value is -0.920. The summed E-state index contributed by atoms with van der Waals surface area (Å²) in [6.07, 6.45) is 1.61. The first-order valence-corrected chi connectivity index (χ1v) is 7.68. The van der Waals surface area contributed by atoms with Gasteiger partial charge in [-0.25, -0.2) is 4.68 Å². The number of hydrogen-bond donors (Lipinski definition) is 2. The second-order valence-electron chi connectivity index (χ2n) is 4.66. The maximum absolute atomic E-state index is 12.0. The van der Waals surface area contributed by atoms with Gasteiger partial charge in [-0.3, -0.25) is 4.79 Å². The van der Waals surface area contributed by atoms with E-state index in [0.717, 1.165) is 19.6 Å². The largest absolute Gasteiger partial charge is 0.394 e. The van der Waals surface area contributed by atoms with Gasteiger partial charge in [-0.05, 0) is 35.9 Å². The smallest absolute Gasteiger partial charge is 0.283 e. The zero-order valence-corrected chi connectivity index (χ0v) is 13.9. The van der Waals surface area contributed by atoms with E-state index < -0.39 is 0 Å². The average molecular weight is 347 g/mol. The molecule has 6 nitrogen and oxygen atoms in total. The summed E-state index contributed by atoms with van der Waals surface area (Å²) in [7, 11) is 0. The highest BCUT2D eigenvalue weighted by Crippen LogP contribution is 2.17. The summed E-state index contributed by atoms with van der Waals surface area (Å²) >= 11 is 3.30. The molecule has 7 heteroatoms. The molecule has 0 saturated carbocycles. The van der Waals surface area contributed by atoms with Crippen LogP contribution in [0.5, 0.6) is 0 Å². The lowest BCUT2D eigenvalue weighted by atomic mass is 10.3. The molecule has 114 valence electrons. The van der Waals surface area contributed by atoms with E-state index in [9.17, 15) is 4.79 Å². The van der Waals surface area contributed by atoms with Crippen molar-refractivity contribution < 1.29 is 5.11 Å². The SMILES string of the molecule is CCN(CC)CC(C)Nc1cnn(CCO)c(=O)c1Br. The molecule has 0 amide bonds. The standard InChI is InChI=1S/C13H23BrN4O2/c1-4-17(5-2)9-10(3)16-11-8-15-18(6-7-19)13(20)12(11)14/h8,10,16,19H,4-7,9H2,1-3H3. The molecular formula is C13H23BrN4O2. The minimum Gasteiger partial charge on any atom is -0.394 e. The molecule has 0 spiro atoms. The number of aliphatic hydroxyl groups excluding tert-OH is 1. The average Bonchev–Trinajstić information content (AvgIpc) is 2.44. The molecule has 0 fully saturated rings. The van der Waals surface area contributed by atoms with Crippen molar-refractivity contribution in [3.8, 4) is 0 Å². The third-order valence-corrected chi connectivity index (χ3v) is 3.89. The lowest BCUT2D eigenvalue weighted by Gasteiger charge is -2.24. The van der Waals surface area contributed by atoms with E-state index >= 15 is 0 Å². The molecular weight excluding hydrogens is 324 g/mol. The molecule has 0 aromatic carbocycles. The zero-order chi connectivity index (χ0) is 15.1. The van der Waals surface area contributed by atoms with Crippen molar-refractivity contribution in [3.05, 3.63) is 21.0 Å². The Morgan fingerprint density at radius 3 is 2.70 bits per heavy atom. The number of rotatable bonds is 8. The Balaban J connectivity index is 2.78. The number of aromatic nitrogens is 2. The van der Waals surface area contributed by atoms with Gasteiger partial charge in [-0.15, -0.1) is 0 Å². The van der Waals surface area contributed by atoms with Crippen LogP contribution < -0.4 is 10.9 Å². The van der Waals surface area contributed by atoms with Crippen molar-refractivity contribution >= 4 is 21.6 Å². The van der Waals surface area contributed by atoms with Crippen LogP contribution in [0.2, 0.25) is 0 Å². The number of halogens is 1. The normalized spacial score (nSPS) is 12.7. The Morgan fingerprint density at radius 2 is 2.15 bits per heavy atom. The lowest BCUT2D eigenvalue weighted by Crippen LogP contribution is -2.35. The highest BCUT2D eigenvalue weighted by molar-refractivity contribution is 9.10. The molecule has 1 aromatic rings. The summed E-state index contributed by atoms with van der Waals surface area (Å²) < 4.78 is 1.69. The van der Waals surface area contributed by atoms with Crippen molar-refractivity contribution in [2.45, 2.75) is 33.4 Å². The second-order valence-corrected chi connectivity index (χ2v) is 5.45. The quantitative estimate of drug-likeness (QED) is 0.738. The van der Waals surface area contributed by atoms with Crippen LogP contribution in [0.1, 0.15) is 20.8 Å². The third kappa shape index (κ3) is 4.57. The molecule has 0 radical (unpaired) electrons. The summed E-state index contributed by atoms with van der Waals surface area (Å²) in [6, 6.07) is 0.209. The molecule has 0 aliphatic heterocycles. The van der Waals surface area contributed by atoms with Gasteiger partial charge in [-0.2, -0.15) is 5.10 Å². The van der Waals surface area contributed by atoms with Gasteiger partial charge >= 0.3 is 0 Å². The van der Waals surface area contributed by atoms with E-state index in [0.29, 0.717) is 10.2 Å². The molecule has 1 rings (SSSR count). The fourth-order valence-corrected chi connectivity index (χ4v) is 2.42. The van der Waals surface area contributed by atoms with Crippen LogP contribution in [-0.4, -0.2) is 52.1 Å². The maximum atomic E-state index is 12.0. The monoisotopic (exact) mass is 346 g/mol. The fraction of sp³-hybridized carbons (Fsp3) is 0.692. The van der Waals surface area contributed by atoms with Crippen molar-refractivity contribution in [3.63, 3.8) is 0 Å². The minimum absolute atomic E-state index is 0.107. The number of likely N-dealkylation sites (N-methyl/N-ethyl adjacent to an activating group) is 1. The van der Waals surface area contributed by atoms with Gasteiger partial charge in [0.2, 0.25) is 0 Å². The van der Waals surface area contributed by atoms with Crippen LogP contribution in [-0.2, 0) is 6.54 Å². The lowest BCUT2D eigenvalue weighted by molar-refractivity contribution is 0.266. The number of nitrogens with zero attached hydrogens (tertiary/aromatic N) is 3. The van der Waals surface area contributed by atoms with Gasteiger partial charge in [0.1, 0.15) is 4.47 Å². The first-order valence-electron chi connectivity index (χ1n) is 6.88. The zero-order valence-electron chi connectivity index (χ0n) is 12.3. The van der Waals surface area contributed by atoms with Gasteiger partial charge in [0.15, 0.2) is 0 Å². The minimum atomic E-state index is -0.237. The molecule has 1 unspecified atom stereocenters. The summed E-state index contributed by atoms with van der Waals surface area (Å²) in [4.78, 5) is 14.3. The second kappa shape index (κ2) is 8.39. The van der Waals surface area contributed by atoms with Crippen LogP contribution in [0.4, 0.5) is 5.69 Å². The Labute approximate surface area is 127 Å². The fourth-order valence-electron chi connectivity index (χ4n) is 2.00. The topological polar surface area (TPSA) is 70.4 Å². The number of anilines is 1. The van der Waals surface area contributed by atoms with E-state index in [1.165, 1.54) is 4.68 Å². The highest BCUT2D eigenvalue weighted by atomic mass is 79.9. The Bertz CT molecular complexity index is 474. The van der Waals surface area contributed by atoms with E-state index in [1.54, 1.807) is 6.20 Å². The van der Waals surface area contributed by atoms with Gasteiger partial charge in [0.05, 0.1) is 25.0 Å². The summed E-state index contributed by atoms with van der Waals surface area (Å²) in [5, 5.41) is 16.2. The van der Waals surface area contributed by atoms with Crippen LogP contribution >= 0.6 is 15.9 Å². The van der Waals surface area contributed by atoms with Crippen LogP contribution in [0.25, 0.3) is 0 Å². The molecule has 1 heterocycles. The van der Waals surface area contributed by atoms with E-state index in [2.05, 4.69) is 52.0 Å². The molecule has 2 N–H and O–H groups in total. The van der Waals surface area contributed by atoms with Crippen LogP contribution in [0.3, 0.4) is 0 Å². The summed E-state index contributed by atoms with van der Waals surface area (Å²) in [5.74, 6) is 0. The van der Waals surface area contributed by atoms with E-state index in [1.807, 2.05) is 0 Å². The van der Waals surface area contributed by atoms with E-state index in [-0.39, 0.29) is 24.8 Å². The first-order chi connectivity index (χ1) is 9.53. The molecule has 0 saturated heterocycles. The van der Waals surface area contributed by atoms with Gasteiger partial charge in [0.25, 0.3) is 5.56 Å². The van der Waals surface area contributed by atoms with Crippen molar-refractivity contribution in [2.75, 3.05) is 31.6 Å². The number of hydrogen-bond acceptors (Lipinski definition) is 5. The molecule has 20 heavy (non-hydrogen) atoms. The third-order valence-electron chi connectivity index (χ3n) is 3.13. The molecule has 1 atom stereocenters. The van der Waals surface area contributed by atoms with E-state index in [4.69, 9.17) is 5.11 Å². The maximum Gasteiger partial charge on any atom is 0.283 e. The molecule has 0 bridgehead atoms. The van der Waals surface area contributed by atoms with Crippen LogP contribution in [0, 0.1) is 0 Å². The summed E-state index contributed by atoms with van der Waals surface area (Å²) in [6.45, 7) is 9.33. The van der Waals surface area contributed by atoms with Gasteiger partial charge in [-0.1, -0.05) is 13.8 Å². The highest BCUT2D eigenvalue weighted by Gasteiger charge is 2.12. The molecule has 0 aliphatic carbocycles. The number of nitrogens with one attached hydrogen (secondary N) is 1. The van der Waals surface area contributed by atoms with Crippen LogP contribution in [0.15, 0.2) is 15.5 Å². The van der Waals surface area contributed by atoms with Crippen molar-refractivity contribution in [2.24, 2.45) is 0 Å². The Morgan fingerprint density at radius 1 is 1.50 bits per heavy atom. The molecule has 1 aromatic heterocycles. The molecule has 0 aliphatic rings. The summed E-state index contributed by atoms with van der Waals surface area (Å²) in [5.41, 5.74) is 0.447. The Kier molecular flexibility index (Phi) is 7.18. The predicted octanol–water partition coefficient (Wildman–Crippen LogP) is 1.14. The van der Waals surface area contributed by atoms with Crippen molar-refractivity contribution in [1.29, 1.82) is 0 Å². The first kappa shape index (κ1) is 17.1. The van der Waals surface area contributed by atoms with Gasteiger partial charge in [0, 0.05) is 12.6 Å². The number of aliphatic hydroxyl groups is 1. The predicted molar refractivity (Wildman–Crippen MR) is 84.2 cm³/mol. The van der Waals surface area contributed by atoms with Gasteiger partial charge < -0.3 is 15.3 Å².